The highest BCUT2D eigenvalue weighted by molar-refractivity contribution is 5.83. The zero-order valence-electron chi connectivity index (χ0n) is 23.7. The lowest BCUT2D eigenvalue weighted by molar-refractivity contribution is -0.443. The lowest BCUT2D eigenvalue weighted by Crippen LogP contribution is -2.71. The fourth-order valence-electron chi connectivity index (χ4n) is 3.83. The molecular weight excluding hydrogens is 726 g/mol. The third kappa shape index (κ3) is 7.91. The van der Waals surface area contributed by atoms with Crippen LogP contribution in [0.15, 0.2) is 24.3 Å². The predicted octanol–water partition coefficient (Wildman–Crippen LogP) is 7.47. The van der Waals surface area contributed by atoms with Crippen molar-refractivity contribution in [3.8, 4) is 0 Å². The van der Waals surface area contributed by atoms with Crippen LogP contribution in [0, 0.1) is 11.8 Å². The van der Waals surface area contributed by atoms with E-state index in [-0.39, 0.29) is 19.1 Å². The fraction of sp³-hybridized carbons (Fsp3) is 0.708. The summed E-state index contributed by atoms with van der Waals surface area (Å²) in [6.07, 6.45) is -24.7. The third-order valence-electron chi connectivity index (χ3n) is 6.45. The molecule has 1 aliphatic rings. The molecule has 0 aromatic carbocycles. The van der Waals surface area contributed by atoms with Gasteiger partial charge in [0.05, 0.1) is 18.3 Å². The van der Waals surface area contributed by atoms with Crippen LogP contribution in [-0.4, -0.2) is 84.1 Å². The van der Waals surface area contributed by atoms with E-state index >= 15 is 8.78 Å². The molecule has 48 heavy (non-hydrogen) atoms. The number of carbonyl (C=O) groups excluding carboxylic acids is 3. The van der Waals surface area contributed by atoms with Crippen molar-refractivity contribution in [3.63, 3.8) is 0 Å². The highest BCUT2D eigenvalue weighted by atomic mass is 19.4. The van der Waals surface area contributed by atoms with Gasteiger partial charge in [0.2, 0.25) is 0 Å². The van der Waals surface area contributed by atoms with E-state index in [1.807, 2.05) is 0 Å². The Hall–Kier alpha value is -3.37. The van der Waals surface area contributed by atoms with E-state index in [4.69, 9.17) is 0 Å². The van der Waals surface area contributed by atoms with Crippen molar-refractivity contribution in [3.05, 3.63) is 24.3 Å². The molecule has 0 aromatic heterocycles. The molecular formula is C24H20F18O6. The number of rotatable bonds is 6. The summed E-state index contributed by atoms with van der Waals surface area (Å²) >= 11 is 0. The van der Waals surface area contributed by atoms with E-state index in [0.717, 1.165) is 6.92 Å². The quantitative estimate of drug-likeness (QED) is 0.160. The molecule has 0 saturated carbocycles. The van der Waals surface area contributed by atoms with Gasteiger partial charge in [-0.25, -0.2) is 9.59 Å². The SMILES string of the molecule is C[C@H]1CC(=O)O[C@H](C)[C@H](C(F)(F)C(F)(F)F)/C=C/C(=O)O[C@H](C)[C@@H](C(F)(F)C(F)(F)C(F)(F)C(F)(F)C(F)(F)C(F)(F)F)/C=C/C(=O)O1. The van der Waals surface area contributed by atoms with Crippen LogP contribution in [0.2, 0.25) is 0 Å². The Morgan fingerprint density at radius 2 is 0.875 bits per heavy atom. The van der Waals surface area contributed by atoms with Gasteiger partial charge in [-0.2, -0.15) is 79.0 Å². The number of alkyl halides is 18. The highest BCUT2D eigenvalue weighted by Gasteiger charge is 2.91. The van der Waals surface area contributed by atoms with Crippen molar-refractivity contribution in [2.24, 2.45) is 11.8 Å². The average Bonchev–Trinajstić information content (AvgIpc) is 2.85. The monoisotopic (exact) mass is 746 g/mol. The van der Waals surface area contributed by atoms with Crippen LogP contribution in [-0.2, 0) is 28.6 Å². The standard InChI is InChI=1S/C24H20F18O6/c1-9-8-16(45)48-11(3)13(18(27,28)23(37,38)39)5-7-15(44)47-10(2)12(4-6-14(43)46-9)17(25,26)19(29,30)20(31,32)21(33,34)22(35,36)24(40,41)42/h4-7,9-13H,8H2,1-3H3/b6-4+,7-5+/t9-,10+,11+,12-,13+/m0/s1. The van der Waals surface area contributed by atoms with Gasteiger partial charge in [0.15, 0.2) is 0 Å². The highest BCUT2D eigenvalue weighted by Crippen LogP contribution is 2.61. The number of hydrogen-bond donors (Lipinski definition) is 0. The smallest absolute Gasteiger partial charge is 0.460 e. The normalized spacial score (nSPS) is 27.1. The van der Waals surface area contributed by atoms with Crippen molar-refractivity contribution >= 4 is 17.9 Å². The number of ether oxygens (including phenoxy) is 3. The maximum Gasteiger partial charge on any atom is 0.460 e. The van der Waals surface area contributed by atoms with Gasteiger partial charge in [-0.05, 0) is 20.8 Å². The van der Waals surface area contributed by atoms with Crippen molar-refractivity contribution in [2.75, 3.05) is 0 Å². The molecule has 0 aliphatic carbocycles. The molecule has 1 heterocycles. The van der Waals surface area contributed by atoms with E-state index in [0.29, 0.717) is 6.92 Å². The van der Waals surface area contributed by atoms with Crippen LogP contribution in [0.25, 0.3) is 0 Å². The summed E-state index contributed by atoms with van der Waals surface area (Å²) in [5.74, 6) is -59.0. The van der Waals surface area contributed by atoms with Crippen molar-refractivity contribution in [1.29, 1.82) is 0 Å². The Morgan fingerprint density at radius 1 is 0.500 bits per heavy atom. The van der Waals surface area contributed by atoms with Crippen LogP contribution < -0.4 is 0 Å². The molecule has 0 radical (unpaired) electrons. The number of hydrogen-bond acceptors (Lipinski definition) is 6. The fourth-order valence-corrected chi connectivity index (χ4v) is 3.83. The molecule has 278 valence electrons. The summed E-state index contributed by atoms with van der Waals surface area (Å²) in [6, 6.07) is 0. The van der Waals surface area contributed by atoms with Gasteiger partial charge in [0, 0.05) is 12.2 Å². The predicted molar refractivity (Wildman–Crippen MR) is 118 cm³/mol. The summed E-state index contributed by atoms with van der Waals surface area (Å²) in [4.78, 5) is 36.2. The maximum absolute atomic E-state index is 15.0. The Labute approximate surface area is 256 Å². The summed E-state index contributed by atoms with van der Waals surface area (Å²) in [5, 5.41) is 0. The topological polar surface area (TPSA) is 78.9 Å². The van der Waals surface area contributed by atoms with Crippen LogP contribution >= 0.6 is 0 Å². The second-order valence-corrected chi connectivity index (χ2v) is 10.1. The minimum atomic E-state index is -8.33. The molecule has 0 amide bonds. The van der Waals surface area contributed by atoms with Gasteiger partial charge in [0.1, 0.15) is 18.3 Å². The van der Waals surface area contributed by atoms with E-state index in [1.54, 1.807) is 0 Å². The van der Waals surface area contributed by atoms with Crippen LogP contribution in [0.4, 0.5) is 79.0 Å². The first-order valence-corrected chi connectivity index (χ1v) is 12.5. The minimum Gasteiger partial charge on any atom is -0.462 e. The number of halogens is 18. The first-order chi connectivity index (χ1) is 21.1. The average molecular weight is 746 g/mol. The molecule has 0 bridgehead atoms. The van der Waals surface area contributed by atoms with Crippen molar-refractivity contribution < 1.29 is 108 Å². The molecule has 1 aliphatic heterocycles. The molecule has 0 N–H and O–H groups in total. The first kappa shape index (κ1) is 42.7. The van der Waals surface area contributed by atoms with Gasteiger partial charge >= 0.3 is 65.8 Å². The molecule has 0 aromatic rings. The lowest BCUT2D eigenvalue weighted by Gasteiger charge is -2.42. The molecule has 0 saturated heterocycles. The Morgan fingerprint density at radius 3 is 1.29 bits per heavy atom. The van der Waals surface area contributed by atoms with Gasteiger partial charge in [-0.1, -0.05) is 12.2 Å². The number of carbonyl (C=O) groups is 3. The zero-order valence-corrected chi connectivity index (χ0v) is 23.7. The van der Waals surface area contributed by atoms with Gasteiger partial charge < -0.3 is 14.2 Å². The Bertz CT molecular complexity index is 1250. The molecule has 6 nitrogen and oxygen atoms in total. The first-order valence-electron chi connectivity index (χ1n) is 12.5. The van der Waals surface area contributed by atoms with Crippen molar-refractivity contribution in [2.45, 2.75) is 93.4 Å². The van der Waals surface area contributed by atoms with E-state index in [9.17, 15) is 84.6 Å². The lowest BCUT2D eigenvalue weighted by atomic mass is 9.84. The molecule has 0 spiro atoms. The zero-order chi connectivity index (χ0) is 38.3. The number of esters is 3. The Kier molecular flexibility index (Phi) is 12.0. The molecule has 1 rings (SSSR count). The summed E-state index contributed by atoms with van der Waals surface area (Å²) in [5.41, 5.74) is 0. The van der Waals surface area contributed by atoms with E-state index < -0.39 is 115 Å². The molecule has 0 fully saturated rings. The molecule has 24 heteroatoms. The van der Waals surface area contributed by atoms with Crippen LogP contribution in [0.5, 0.6) is 0 Å². The van der Waals surface area contributed by atoms with Gasteiger partial charge in [-0.15, -0.1) is 0 Å². The van der Waals surface area contributed by atoms with E-state index in [1.165, 1.54) is 0 Å². The molecule has 0 unspecified atom stereocenters. The largest absolute Gasteiger partial charge is 0.462 e. The van der Waals surface area contributed by atoms with Crippen LogP contribution in [0.3, 0.4) is 0 Å². The third-order valence-corrected chi connectivity index (χ3v) is 6.45. The van der Waals surface area contributed by atoms with Gasteiger partial charge in [0.25, 0.3) is 0 Å². The maximum atomic E-state index is 15.0. The Balaban J connectivity index is 3.85. The van der Waals surface area contributed by atoms with E-state index in [2.05, 4.69) is 14.2 Å². The summed E-state index contributed by atoms with van der Waals surface area (Å²) < 4.78 is 259. The van der Waals surface area contributed by atoms with Gasteiger partial charge in [-0.3, -0.25) is 4.79 Å². The second kappa shape index (κ2) is 13.5. The second-order valence-electron chi connectivity index (χ2n) is 10.1. The number of cyclic esters (lactones) is 3. The minimum absolute atomic E-state index is 0.00856. The van der Waals surface area contributed by atoms with Crippen LogP contribution in [0.1, 0.15) is 27.2 Å². The summed E-state index contributed by atoms with van der Waals surface area (Å²) in [6.45, 7) is 1.20. The van der Waals surface area contributed by atoms with Crippen molar-refractivity contribution in [1.82, 2.24) is 0 Å². The summed E-state index contributed by atoms with van der Waals surface area (Å²) in [7, 11) is 0. The molecule has 5 atom stereocenters.